The molecule has 1 aromatic heterocycles. The lowest BCUT2D eigenvalue weighted by atomic mass is 9.92. The van der Waals surface area contributed by atoms with Gasteiger partial charge in [0, 0.05) is 34.8 Å². The molecular weight excluding hydrogens is 282 g/mol. The molecule has 0 bridgehead atoms. The molecule has 1 saturated heterocycles. The molecule has 4 nitrogen and oxygen atoms in total. The number of aromatic nitrogens is 1. The standard InChI is InChI=1S/C16H19N3OS/c1-11-10-13(6-7-17-11)15(20)19-14-4-2-12(3-5-14)16-18-8-9-21-16/h2-5,8-9,11,13,17H,6-7,10H2,1H3,(H,19,20)/t11-,13-/m0/s1. The number of carbonyl (C=O) groups excluding carboxylic acids is 1. The number of amides is 1. The van der Waals surface area contributed by atoms with Gasteiger partial charge in [-0.1, -0.05) is 0 Å². The summed E-state index contributed by atoms with van der Waals surface area (Å²) < 4.78 is 0. The van der Waals surface area contributed by atoms with Crippen LogP contribution in [-0.2, 0) is 4.79 Å². The number of carbonyl (C=O) groups is 1. The molecule has 2 heterocycles. The van der Waals surface area contributed by atoms with Gasteiger partial charge in [0.2, 0.25) is 5.91 Å². The number of anilines is 1. The third-order valence-electron chi connectivity index (χ3n) is 3.83. The van der Waals surface area contributed by atoms with E-state index in [4.69, 9.17) is 0 Å². The summed E-state index contributed by atoms with van der Waals surface area (Å²) >= 11 is 1.61. The van der Waals surface area contributed by atoms with Gasteiger partial charge in [-0.2, -0.15) is 0 Å². The van der Waals surface area contributed by atoms with E-state index in [9.17, 15) is 4.79 Å². The molecule has 1 fully saturated rings. The molecule has 2 aromatic rings. The Hall–Kier alpha value is -1.72. The van der Waals surface area contributed by atoms with Gasteiger partial charge in [0.1, 0.15) is 5.01 Å². The molecule has 3 rings (SSSR count). The second-order valence-corrected chi connectivity index (χ2v) is 6.37. The quantitative estimate of drug-likeness (QED) is 0.915. The van der Waals surface area contributed by atoms with Crippen molar-refractivity contribution in [3.05, 3.63) is 35.8 Å². The molecule has 2 atom stereocenters. The molecule has 110 valence electrons. The van der Waals surface area contributed by atoms with E-state index in [1.807, 2.05) is 29.6 Å². The predicted octanol–water partition coefficient (Wildman–Crippen LogP) is 3.14. The van der Waals surface area contributed by atoms with Gasteiger partial charge in [0.15, 0.2) is 0 Å². The number of thiazole rings is 1. The molecule has 1 aliphatic heterocycles. The first kappa shape index (κ1) is 14.2. The van der Waals surface area contributed by atoms with E-state index in [1.165, 1.54) is 0 Å². The average Bonchev–Trinajstić information content (AvgIpc) is 3.02. The van der Waals surface area contributed by atoms with Crippen LogP contribution in [0.15, 0.2) is 35.8 Å². The Morgan fingerprint density at radius 3 is 2.86 bits per heavy atom. The number of rotatable bonds is 3. The summed E-state index contributed by atoms with van der Waals surface area (Å²) in [6.07, 6.45) is 3.62. The summed E-state index contributed by atoms with van der Waals surface area (Å²) in [5, 5.41) is 9.35. The first-order valence-electron chi connectivity index (χ1n) is 7.26. The Labute approximate surface area is 128 Å². The molecular formula is C16H19N3OS. The highest BCUT2D eigenvalue weighted by atomic mass is 32.1. The molecule has 0 saturated carbocycles. The van der Waals surface area contributed by atoms with Crippen molar-refractivity contribution in [1.82, 2.24) is 10.3 Å². The first-order chi connectivity index (χ1) is 10.2. The lowest BCUT2D eigenvalue weighted by Crippen LogP contribution is -2.40. The largest absolute Gasteiger partial charge is 0.326 e. The van der Waals surface area contributed by atoms with Gasteiger partial charge in [-0.25, -0.2) is 4.98 Å². The normalized spacial score (nSPS) is 22.0. The highest BCUT2D eigenvalue weighted by Crippen LogP contribution is 2.24. The van der Waals surface area contributed by atoms with Crippen molar-refractivity contribution in [3.63, 3.8) is 0 Å². The SMILES string of the molecule is C[C@H]1C[C@@H](C(=O)Nc2ccc(-c3nccs3)cc2)CCN1. The van der Waals surface area contributed by atoms with Gasteiger partial charge in [0.25, 0.3) is 0 Å². The summed E-state index contributed by atoms with van der Waals surface area (Å²) in [6.45, 7) is 3.05. The van der Waals surface area contributed by atoms with E-state index in [1.54, 1.807) is 17.5 Å². The number of nitrogens with one attached hydrogen (secondary N) is 2. The van der Waals surface area contributed by atoms with Crippen molar-refractivity contribution in [2.45, 2.75) is 25.8 Å². The van der Waals surface area contributed by atoms with E-state index >= 15 is 0 Å². The van der Waals surface area contributed by atoms with Gasteiger partial charge in [0.05, 0.1) is 0 Å². The van der Waals surface area contributed by atoms with Crippen molar-refractivity contribution >= 4 is 22.9 Å². The highest BCUT2D eigenvalue weighted by Gasteiger charge is 2.24. The van der Waals surface area contributed by atoms with Crippen LogP contribution in [0.5, 0.6) is 0 Å². The van der Waals surface area contributed by atoms with E-state index in [0.717, 1.165) is 35.6 Å². The van der Waals surface area contributed by atoms with Gasteiger partial charge in [-0.3, -0.25) is 4.79 Å². The molecule has 0 aliphatic carbocycles. The van der Waals surface area contributed by atoms with Gasteiger partial charge < -0.3 is 10.6 Å². The number of piperidine rings is 1. The third kappa shape index (κ3) is 3.49. The molecule has 1 amide bonds. The van der Waals surface area contributed by atoms with Crippen LogP contribution in [0.4, 0.5) is 5.69 Å². The minimum Gasteiger partial charge on any atom is -0.326 e. The molecule has 5 heteroatoms. The van der Waals surface area contributed by atoms with Crippen LogP contribution in [0.3, 0.4) is 0 Å². The van der Waals surface area contributed by atoms with Gasteiger partial charge in [-0.15, -0.1) is 11.3 Å². The molecule has 0 unspecified atom stereocenters. The van der Waals surface area contributed by atoms with Crippen LogP contribution in [-0.4, -0.2) is 23.5 Å². The molecule has 21 heavy (non-hydrogen) atoms. The zero-order valence-electron chi connectivity index (χ0n) is 12.0. The summed E-state index contributed by atoms with van der Waals surface area (Å²) in [4.78, 5) is 16.6. The Kier molecular flexibility index (Phi) is 4.31. The summed E-state index contributed by atoms with van der Waals surface area (Å²) in [5.74, 6) is 0.241. The second kappa shape index (κ2) is 6.37. The Bertz CT molecular complexity index is 594. The summed E-state index contributed by atoms with van der Waals surface area (Å²) in [5.41, 5.74) is 1.94. The van der Waals surface area contributed by atoms with Crippen molar-refractivity contribution in [1.29, 1.82) is 0 Å². The molecule has 1 aromatic carbocycles. The van der Waals surface area contributed by atoms with Gasteiger partial charge in [-0.05, 0) is 50.6 Å². The fraction of sp³-hybridized carbons (Fsp3) is 0.375. The summed E-state index contributed by atoms with van der Waals surface area (Å²) in [6, 6.07) is 8.30. The molecule has 2 N–H and O–H groups in total. The number of nitrogens with zero attached hydrogens (tertiary/aromatic N) is 1. The Morgan fingerprint density at radius 2 is 2.19 bits per heavy atom. The van der Waals surface area contributed by atoms with Crippen molar-refractivity contribution < 1.29 is 4.79 Å². The predicted molar refractivity (Wildman–Crippen MR) is 86.4 cm³/mol. The van der Waals surface area contributed by atoms with Crippen LogP contribution in [0.1, 0.15) is 19.8 Å². The van der Waals surface area contributed by atoms with Crippen molar-refractivity contribution in [2.75, 3.05) is 11.9 Å². The fourth-order valence-electron chi connectivity index (χ4n) is 2.68. The lowest BCUT2D eigenvalue weighted by molar-refractivity contribution is -0.120. The topological polar surface area (TPSA) is 54.0 Å². The third-order valence-corrected chi connectivity index (χ3v) is 4.65. The zero-order valence-corrected chi connectivity index (χ0v) is 12.8. The maximum absolute atomic E-state index is 12.3. The maximum Gasteiger partial charge on any atom is 0.227 e. The average molecular weight is 301 g/mol. The smallest absolute Gasteiger partial charge is 0.227 e. The minimum atomic E-state index is 0.111. The van der Waals surface area contributed by atoms with Crippen LogP contribution >= 0.6 is 11.3 Å². The van der Waals surface area contributed by atoms with Crippen LogP contribution in [0, 0.1) is 5.92 Å². The van der Waals surface area contributed by atoms with Crippen LogP contribution < -0.4 is 10.6 Å². The second-order valence-electron chi connectivity index (χ2n) is 5.48. The van der Waals surface area contributed by atoms with Crippen LogP contribution in [0.25, 0.3) is 10.6 Å². The maximum atomic E-state index is 12.3. The molecule has 0 spiro atoms. The van der Waals surface area contributed by atoms with Crippen molar-refractivity contribution in [3.8, 4) is 10.6 Å². The lowest BCUT2D eigenvalue weighted by Gasteiger charge is -2.27. The van der Waals surface area contributed by atoms with E-state index < -0.39 is 0 Å². The monoisotopic (exact) mass is 301 g/mol. The minimum absolute atomic E-state index is 0.111. The van der Waals surface area contributed by atoms with E-state index in [2.05, 4.69) is 22.5 Å². The molecule has 0 radical (unpaired) electrons. The summed E-state index contributed by atoms with van der Waals surface area (Å²) in [7, 11) is 0. The highest BCUT2D eigenvalue weighted by molar-refractivity contribution is 7.13. The Balaban J connectivity index is 1.63. The Morgan fingerprint density at radius 1 is 1.38 bits per heavy atom. The number of benzene rings is 1. The zero-order chi connectivity index (χ0) is 14.7. The van der Waals surface area contributed by atoms with Gasteiger partial charge >= 0.3 is 0 Å². The van der Waals surface area contributed by atoms with Crippen molar-refractivity contribution in [2.24, 2.45) is 5.92 Å². The number of hydrogen-bond acceptors (Lipinski definition) is 4. The number of hydrogen-bond donors (Lipinski definition) is 2. The van der Waals surface area contributed by atoms with E-state index in [-0.39, 0.29) is 11.8 Å². The molecule has 1 aliphatic rings. The van der Waals surface area contributed by atoms with Crippen LogP contribution in [0.2, 0.25) is 0 Å². The first-order valence-corrected chi connectivity index (χ1v) is 8.14. The fourth-order valence-corrected chi connectivity index (χ4v) is 3.32. The van der Waals surface area contributed by atoms with E-state index in [0.29, 0.717) is 6.04 Å².